The molecule has 0 aliphatic rings. The molecule has 0 unspecified atom stereocenters. The summed E-state index contributed by atoms with van der Waals surface area (Å²) in [5, 5.41) is 9.22. The molecule has 2 aromatic rings. The van der Waals surface area contributed by atoms with Crippen LogP contribution in [0.3, 0.4) is 0 Å². The van der Waals surface area contributed by atoms with Crippen LogP contribution in [-0.4, -0.2) is 19.5 Å². The van der Waals surface area contributed by atoms with Gasteiger partial charge in [-0.25, -0.2) is 4.79 Å². The van der Waals surface area contributed by atoms with Gasteiger partial charge in [-0.1, -0.05) is 17.7 Å². The molecule has 7 heteroatoms. The van der Waals surface area contributed by atoms with Crippen LogP contribution in [0.25, 0.3) is 0 Å². The van der Waals surface area contributed by atoms with Gasteiger partial charge in [-0.05, 0) is 59.6 Å². The molecule has 0 radical (unpaired) electrons. The summed E-state index contributed by atoms with van der Waals surface area (Å²) in [4.78, 5) is 11.3. The standard InChI is InChI=1S/C15H13BrO5S/c1-9-3-5-11(6-4-9)22(19,20)21-14-12(15(17)18)7-10(2)8-13(14)16/h3-8H,1-2H3,(H,17,18). The van der Waals surface area contributed by atoms with Crippen LogP contribution in [0, 0.1) is 13.8 Å². The van der Waals surface area contributed by atoms with E-state index in [-0.39, 0.29) is 20.7 Å². The SMILES string of the molecule is Cc1ccc(S(=O)(=O)Oc2c(Br)cc(C)cc2C(=O)O)cc1. The highest BCUT2D eigenvalue weighted by molar-refractivity contribution is 9.10. The van der Waals surface area contributed by atoms with E-state index in [1.54, 1.807) is 25.1 Å². The van der Waals surface area contributed by atoms with Crippen molar-refractivity contribution in [2.24, 2.45) is 0 Å². The van der Waals surface area contributed by atoms with Gasteiger partial charge in [0, 0.05) is 0 Å². The van der Waals surface area contributed by atoms with Gasteiger partial charge in [0.15, 0.2) is 5.75 Å². The van der Waals surface area contributed by atoms with E-state index < -0.39 is 16.1 Å². The third-order valence-corrected chi connectivity index (χ3v) is 4.75. The van der Waals surface area contributed by atoms with E-state index in [0.29, 0.717) is 5.56 Å². The fourth-order valence-corrected chi connectivity index (χ4v) is 3.56. The summed E-state index contributed by atoms with van der Waals surface area (Å²) in [5.41, 5.74) is 1.36. The summed E-state index contributed by atoms with van der Waals surface area (Å²) in [7, 11) is -4.11. The van der Waals surface area contributed by atoms with Gasteiger partial charge in [-0.2, -0.15) is 8.42 Å². The van der Waals surface area contributed by atoms with E-state index in [9.17, 15) is 18.3 Å². The molecule has 0 saturated heterocycles. The number of benzene rings is 2. The van der Waals surface area contributed by atoms with Crippen molar-refractivity contribution in [2.45, 2.75) is 18.7 Å². The Balaban J connectivity index is 2.50. The zero-order valence-electron chi connectivity index (χ0n) is 11.8. The normalized spacial score (nSPS) is 11.2. The van der Waals surface area contributed by atoms with Gasteiger partial charge < -0.3 is 9.29 Å². The first-order chi connectivity index (χ1) is 10.2. The van der Waals surface area contributed by atoms with Crippen LogP contribution >= 0.6 is 15.9 Å². The Bertz CT molecular complexity index is 826. The van der Waals surface area contributed by atoms with E-state index in [1.165, 1.54) is 18.2 Å². The molecule has 0 bridgehead atoms. The highest BCUT2D eigenvalue weighted by atomic mass is 79.9. The molecule has 2 aromatic carbocycles. The zero-order chi connectivity index (χ0) is 16.5. The maximum atomic E-state index is 12.3. The third-order valence-electron chi connectivity index (χ3n) is 2.92. The van der Waals surface area contributed by atoms with Crippen LogP contribution in [0.5, 0.6) is 5.75 Å². The second-order valence-corrected chi connectivity index (χ2v) is 7.18. The molecule has 0 heterocycles. The first-order valence-electron chi connectivity index (χ1n) is 6.25. The molecule has 0 aromatic heterocycles. The average molecular weight is 385 g/mol. The summed E-state index contributed by atoms with van der Waals surface area (Å²) in [6.07, 6.45) is 0. The maximum absolute atomic E-state index is 12.3. The van der Waals surface area contributed by atoms with Crippen molar-refractivity contribution >= 4 is 32.0 Å². The van der Waals surface area contributed by atoms with Gasteiger partial charge in [0.2, 0.25) is 0 Å². The number of carboxylic acid groups (broad SMARTS) is 1. The van der Waals surface area contributed by atoms with Gasteiger partial charge in [0.1, 0.15) is 10.5 Å². The highest BCUT2D eigenvalue weighted by Gasteiger charge is 2.23. The third kappa shape index (κ3) is 3.48. The van der Waals surface area contributed by atoms with Gasteiger partial charge in [-0.15, -0.1) is 0 Å². The van der Waals surface area contributed by atoms with Crippen molar-refractivity contribution in [2.75, 3.05) is 0 Å². The lowest BCUT2D eigenvalue weighted by Crippen LogP contribution is -2.13. The lowest BCUT2D eigenvalue weighted by atomic mass is 10.1. The number of aromatic carboxylic acids is 1. The number of hydrogen-bond acceptors (Lipinski definition) is 4. The number of carbonyl (C=O) groups is 1. The number of aryl methyl sites for hydroxylation is 2. The monoisotopic (exact) mass is 384 g/mol. The summed E-state index contributed by atoms with van der Waals surface area (Å²) < 4.78 is 29.9. The van der Waals surface area contributed by atoms with Gasteiger partial charge >= 0.3 is 16.1 Å². The molecule has 2 rings (SSSR count). The van der Waals surface area contributed by atoms with Crippen LogP contribution in [0.2, 0.25) is 0 Å². The molecule has 22 heavy (non-hydrogen) atoms. The smallest absolute Gasteiger partial charge is 0.339 e. The largest absolute Gasteiger partial charge is 0.478 e. The highest BCUT2D eigenvalue weighted by Crippen LogP contribution is 2.33. The molecular formula is C15H13BrO5S. The molecule has 0 amide bonds. The van der Waals surface area contributed by atoms with E-state index in [2.05, 4.69) is 15.9 Å². The minimum Gasteiger partial charge on any atom is -0.478 e. The molecular weight excluding hydrogens is 372 g/mol. The Kier molecular flexibility index (Phi) is 4.58. The minimum absolute atomic E-state index is 0.0399. The molecule has 0 aliphatic heterocycles. The fraction of sp³-hybridized carbons (Fsp3) is 0.133. The Morgan fingerprint density at radius 2 is 1.68 bits per heavy atom. The lowest BCUT2D eigenvalue weighted by molar-refractivity contribution is 0.0695. The molecule has 5 nitrogen and oxygen atoms in total. The minimum atomic E-state index is -4.11. The van der Waals surface area contributed by atoms with Crippen LogP contribution < -0.4 is 4.18 Å². The van der Waals surface area contributed by atoms with Crippen LogP contribution in [0.15, 0.2) is 45.8 Å². The van der Waals surface area contributed by atoms with E-state index in [1.807, 2.05) is 6.92 Å². The fourth-order valence-electron chi connectivity index (χ4n) is 1.84. The van der Waals surface area contributed by atoms with Crippen molar-refractivity contribution in [3.05, 3.63) is 57.6 Å². The van der Waals surface area contributed by atoms with Crippen LogP contribution in [0.4, 0.5) is 0 Å². The van der Waals surface area contributed by atoms with Crippen molar-refractivity contribution in [1.29, 1.82) is 0 Å². The van der Waals surface area contributed by atoms with Crippen molar-refractivity contribution in [3.63, 3.8) is 0 Å². The topological polar surface area (TPSA) is 80.7 Å². The molecule has 0 aliphatic carbocycles. The first kappa shape index (κ1) is 16.5. The Morgan fingerprint density at radius 1 is 1.09 bits per heavy atom. The summed E-state index contributed by atoms with van der Waals surface area (Å²) in [6, 6.07) is 9.04. The van der Waals surface area contributed by atoms with Gasteiger partial charge in [0.05, 0.1) is 4.47 Å². The van der Waals surface area contributed by atoms with Crippen molar-refractivity contribution in [3.8, 4) is 5.75 Å². The Labute approximate surface area is 136 Å². The van der Waals surface area contributed by atoms with E-state index in [4.69, 9.17) is 4.18 Å². The average Bonchev–Trinajstić information content (AvgIpc) is 2.41. The van der Waals surface area contributed by atoms with E-state index in [0.717, 1.165) is 5.56 Å². The molecule has 1 N–H and O–H groups in total. The first-order valence-corrected chi connectivity index (χ1v) is 8.45. The number of rotatable bonds is 4. The summed E-state index contributed by atoms with van der Waals surface area (Å²) >= 11 is 3.15. The summed E-state index contributed by atoms with van der Waals surface area (Å²) in [5.74, 6) is -1.50. The maximum Gasteiger partial charge on any atom is 0.339 e. The molecule has 0 fully saturated rings. The predicted molar refractivity (Wildman–Crippen MR) is 84.8 cm³/mol. The van der Waals surface area contributed by atoms with Crippen LogP contribution in [0.1, 0.15) is 21.5 Å². The predicted octanol–water partition coefficient (Wildman–Crippen LogP) is 3.53. The number of hydrogen-bond donors (Lipinski definition) is 1. The van der Waals surface area contributed by atoms with Crippen molar-refractivity contribution in [1.82, 2.24) is 0 Å². The number of carboxylic acids is 1. The molecule has 116 valence electrons. The summed E-state index contributed by atoms with van der Waals surface area (Å²) in [6.45, 7) is 3.53. The zero-order valence-corrected chi connectivity index (χ0v) is 14.2. The van der Waals surface area contributed by atoms with Gasteiger partial charge in [-0.3, -0.25) is 0 Å². The molecule has 0 spiro atoms. The Hall–Kier alpha value is -1.86. The molecule has 0 atom stereocenters. The second-order valence-electron chi connectivity index (χ2n) is 4.78. The van der Waals surface area contributed by atoms with E-state index >= 15 is 0 Å². The number of halogens is 1. The Morgan fingerprint density at radius 3 is 2.23 bits per heavy atom. The lowest BCUT2D eigenvalue weighted by Gasteiger charge is -2.12. The second kappa shape index (κ2) is 6.10. The molecule has 0 saturated carbocycles. The van der Waals surface area contributed by atoms with Crippen LogP contribution in [-0.2, 0) is 10.1 Å². The quantitative estimate of drug-likeness (QED) is 0.815. The van der Waals surface area contributed by atoms with Crippen molar-refractivity contribution < 1.29 is 22.5 Å². The van der Waals surface area contributed by atoms with Gasteiger partial charge in [0.25, 0.3) is 0 Å².